The summed E-state index contributed by atoms with van der Waals surface area (Å²) in [5.74, 6) is -1.71. The van der Waals surface area contributed by atoms with Gasteiger partial charge in [-0.3, -0.25) is 13.9 Å². The van der Waals surface area contributed by atoms with E-state index in [1.165, 1.54) is 29.2 Å². The van der Waals surface area contributed by atoms with Gasteiger partial charge in [-0.1, -0.05) is 109 Å². The van der Waals surface area contributed by atoms with Crippen LogP contribution in [0.25, 0.3) is 0 Å². The second kappa shape index (κ2) is 15.8. The second-order valence-electron chi connectivity index (χ2n) is 11.6. The largest absolute Gasteiger partial charge is 0.352 e. The number of sulfonamides is 1. The van der Waals surface area contributed by atoms with Crippen molar-refractivity contribution < 1.29 is 22.4 Å². The van der Waals surface area contributed by atoms with Gasteiger partial charge in [0, 0.05) is 24.0 Å². The summed E-state index contributed by atoms with van der Waals surface area (Å²) in [4.78, 5) is 30.1. The monoisotopic (exact) mass is 695 g/mol. The lowest BCUT2D eigenvalue weighted by atomic mass is 9.94. The van der Waals surface area contributed by atoms with Gasteiger partial charge in [0.2, 0.25) is 11.8 Å². The number of hydrogen-bond donors (Lipinski definition) is 1. The van der Waals surface area contributed by atoms with Crippen molar-refractivity contribution in [1.82, 2.24) is 10.2 Å². The maximum Gasteiger partial charge on any atom is 0.264 e. The standard InChI is InChI=1S/C36H36Cl2FN3O4S/c37-31-19-11-10-14-27(31)24-41(34(22-26-12-4-1-5-13-26)36(44)40-28-15-6-2-7-16-28)35(43)25-42(29-20-21-33(39)32(38)23-29)47(45,46)30-17-8-3-9-18-30/h1,3-5,8-14,17-21,23,28,34H,2,6-7,15-16,22,24-25H2,(H,40,44)/t34-/m1/s1. The van der Waals surface area contributed by atoms with Crippen LogP contribution in [0.3, 0.4) is 0 Å². The van der Waals surface area contributed by atoms with E-state index in [0.29, 0.717) is 10.6 Å². The van der Waals surface area contributed by atoms with Gasteiger partial charge in [0.15, 0.2) is 0 Å². The highest BCUT2D eigenvalue weighted by atomic mass is 35.5. The molecule has 4 aromatic carbocycles. The van der Waals surface area contributed by atoms with Gasteiger partial charge in [-0.25, -0.2) is 12.8 Å². The van der Waals surface area contributed by atoms with Crippen molar-refractivity contribution in [3.05, 3.63) is 130 Å². The summed E-state index contributed by atoms with van der Waals surface area (Å²) in [6.07, 6.45) is 4.99. The van der Waals surface area contributed by atoms with E-state index in [1.54, 1.807) is 42.5 Å². The molecule has 0 radical (unpaired) electrons. The Morgan fingerprint density at radius 1 is 0.830 bits per heavy atom. The molecule has 0 heterocycles. The zero-order valence-electron chi connectivity index (χ0n) is 25.7. The van der Waals surface area contributed by atoms with Crippen molar-refractivity contribution in [3.63, 3.8) is 0 Å². The summed E-state index contributed by atoms with van der Waals surface area (Å²) in [7, 11) is -4.34. The van der Waals surface area contributed by atoms with E-state index < -0.39 is 34.3 Å². The third-order valence-electron chi connectivity index (χ3n) is 8.32. The molecule has 1 N–H and O–H groups in total. The predicted octanol–water partition coefficient (Wildman–Crippen LogP) is 7.42. The van der Waals surface area contributed by atoms with Crippen LogP contribution < -0.4 is 9.62 Å². The molecule has 5 rings (SSSR count). The first-order valence-electron chi connectivity index (χ1n) is 15.5. The molecule has 2 amide bonds. The summed E-state index contributed by atoms with van der Waals surface area (Å²) < 4.78 is 43.3. The summed E-state index contributed by atoms with van der Waals surface area (Å²) in [5, 5.41) is 3.27. The molecule has 0 bridgehead atoms. The molecule has 0 aromatic heterocycles. The summed E-state index contributed by atoms with van der Waals surface area (Å²) in [6.45, 7) is -0.747. The zero-order chi connectivity index (χ0) is 33.4. The van der Waals surface area contributed by atoms with E-state index in [4.69, 9.17) is 23.2 Å². The highest BCUT2D eigenvalue weighted by molar-refractivity contribution is 7.92. The first-order chi connectivity index (χ1) is 22.6. The maximum atomic E-state index is 14.6. The number of halogens is 3. The molecule has 0 aliphatic heterocycles. The lowest BCUT2D eigenvalue weighted by molar-refractivity contribution is -0.140. The van der Waals surface area contributed by atoms with Crippen LogP contribution in [0.2, 0.25) is 10.0 Å². The SMILES string of the molecule is O=C(NC1CCCCC1)[C@@H](Cc1ccccc1)N(Cc1ccccc1Cl)C(=O)CN(c1ccc(F)c(Cl)c1)S(=O)(=O)c1ccccc1. The van der Waals surface area contributed by atoms with Crippen LogP contribution in [0.1, 0.15) is 43.2 Å². The molecule has 246 valence electrons. The fourth-order valence-corrected chi connectivity index (χ4v) is 7.59. The van der Waals surface area contributed by atoms with Crippen LogP contribution >= 0.6 is 23.2 Å². The van der Waals surface area contributed by atoms with E-state index in [1.807, 2.05) is 30.3 Å². The van der Waals surface area contributed by atoms with Crippen LogP contribution in [0, 0.1) is 5.82 Å². The third-order valence-corrected chi connectivity index (χ3v) is 10.8. The average molecular weight is 697 g/mol. The number of amides is 2. The van der Waals surface area contributed by atoms with Crippen molar-refractivity contribution in [2.45, 2.75) is 62.0 Å². The molecule has 47 heavy (non-hydrogen) atoms. The highest BCUT2D eigenvalue weighted by Crippen LogP contribution is 2.29. The minimum atomic E-state index is -4.34. The van der Waals surface area contributed by atoms with Gasteiger partial charge in [0.1, 0.15) is 18.4 Å². The summed E-state index contributed by atoms with van der Waals surface area (Å²) in [6, 6.07) is 26.4. The number of rotatable bonds is 12. The minimum Gasteiger partial charge on any atom is -0.352 e. The first kappa shape index (κ1) is 34.4. The number of carbonyl (C=O) groups is 2. The van der Waals surface area contributed by atoms with Gasteiger partial charge >= 0.3 is 0 Å². The third kappa shape index (κ3) is 8.71. The summed E-state index contributed by atoms with van der Waals surface area (Å²) >= 11 is 12.7. The number of benzene rings is 4. The molecule has 11 heteroatoms. The fraction of sp³-hybridized carbons (Fsp3) is 0.278. The molecule has 1 saturated carbocycles. The number of nitrogens with one attached hydrogen (secondary N) is 1. The van der Waals surface area contributed by atoms with Crippen LogP contribution in [0.15, 0.2) is 108 Å². The topological polar surface area (TPSA) is 86.8 Å². The number of anilines is 1. The van der Waals surface area contributed by atoms with Crippen molar-refractivity contribution in [3.8, 4) is 0 Å². The number of hydrogen-bond acceptors (Lipinski definition) is 4. The van der Waals surface area contributed by atoms with Gasteiger partial charge < -0.3 is 10.2 Å². The Hall–Kier alpha value is -3.92. The summed E-state index contributed by atoms with van der Waals surface area (Å²) in [5.41, 5.74) is 1.42. The van der Waals surface area contributed by atoms with Crippen molar-refractivity contribution >= 4 is 50.7 Å². The highest BCUT2D eigenvalue weighted by Gasteiger charge is 2.36. The number of carbonyl (C=O) groups excluding carboxylic acids is 2. The van der Waals surface area contributed by atoms with Gasteiger partial charge in [0.05, 0.1) is 15.6 Å². The van der Waals surface area contributed by atoms with Crippen LogP contribution in [-0.2, 0) is 32.6 Å². The Balaban J connectivity index is 1.58. The van der Waals surface area contributed by atoms with Crippen LogP contribution in [-0.4, -0.2) is 43.8 Å². The van der Waals surface area contributed by atoms with Gasteiger partial charge in [-0.05, 0) is 60.4 Å². The number of nitrogens with zero attached hydrogens (tertiary/aromatic N) is 2. The van der Waals surface area contributed by atoms with Crippen LogP contribution in [0.4, 0.5) is 10.1 Å². The molecular weight excluding hydrogens is 660 g/mol. The molecule has 0 saturated heterocycles. The van der Waals surface area contributed by atoms with E-state index in [-0.39, 0.29) is 40.5 Å². The smallest absolute Gasteiger partial charge is 0.264 e. The molecule has 0 unspecified atom stereocenters. The van der Waals surface area contributed by atoms with E-state index in [2.05, 4.69) is 5.32 Å². The maximum absolute atomic E-state index is 14.6. The molecule has 0 spiro atoms. The molecule has 4 aromatic rings. The molecule has 1 aliphatic rings. The predicted molar refractivity (Wildman–Crippen MR) is 183 cm³/mol. The van der Waals surface area contributed by atoms with Crippen LogP contribution in [0.5, 0.6) is 0 Å². The normalized spacial score (nSPS) is 14.3. The molecule has 1 fully saturated rings. The first-order valence-corrected chi connectivity index (χ1v) is 17.7. The molecule has 7 nitrogen and oxygen atoms in total. The van der Waals surface area contributed by atoms with Gasteiger partial charge in [0.25, 0.3) is 10.0 Å². The van der Waals surface area contributed by atoms with E-state index >= 15 is 0 Å². The van der Waals surface area contributed by atoms with Gasteiger partial charge in [-0.2, -0.15) is 0 Å². The molecular formula is C36H36Cl2FN3O4S. The zero-order valence-corrected chi connectivity index (χ0v) is 28.0. The average Bonchev–Trinajstić information content (AvgIpc) is 3.08. The van der Waals surface area contributed by atoms with Crippen molar-refractivity contribution in [2.75, 3.05) is 10.8 Å². The minimum absolute atomic E-state index is 0.00226. The Bertz CT molecular complexity index is 1790. The Kier molecular flexibility index (Phi) is 11.6. The van der Waals surface area contributed by atoms with Crippen molar-refractivity contribution in [2.24, 2.45) is 0 Å². The molecule has 1 aliphatic carbocycles. The lowest BCUT2D eigenvalue weighted by Gasteiger charge is -2.35. The van der Waals surface area contributed by atoms with Gasteiger partial charge in [-0.15, -0.1) is 0 Å². The Morgan fingerprint density at radius 2 is 1.47 bits per heavy atom. The van der Waals surface area contributed by atoms with E-state index in [9.17, 15) is 22.4 Å². The Morgan fingerprint density at radius 3 is 2.13 bits per heavy atom. The van der Waals surface area contributed by atoms with E-state index in [0.717, 1.165) is 48.0 Å². The second-order valence-corrected chi connectivity index (χ2v) is 14.3. The van der Waals surface area contributed by atoms with Crippen molar-refractivity contribution in [1.29, 1.82) is 0 Å². The Labute approximate surface area is 285 Å². The quantitative estimate of drug-likeness (QED) is 0.167. The lowest BCUT2D eigenvalue weighted by Crippen LogP contribution is -2.55. The fourth-order valence-electron chi connectivity index (χ4n) is 5.80. The molecule has 1 atom stereocenters.